The van der Waals surface area contributed by atoms with Gasteiger partial charge in [-0.1, -0.05) is 51.0 Å². The Labute approximate surface area is 177 Å². The van der Waals surface area contributed by atoms with Gasteiger partial charge in [0.2, 0.25) is 0 Å². The first-order chi connectivity index (χ1) is 14.5. The van der Waals surface area contributed by atoms with Gasteiger partial charge in [-0.05, 0) is 42.7 Å². The van der Waals surface area contributed by atoms with Crippen molar-refractivity contribution < 1.29 is 29.0 Å². The molecule has 0 aliphatic heterocycles. The van der Waals surface area contributed by atoms with Gasteiger partial charge >= 0.3 is 11.9 Å². The number of hydrogen-bond acceptors (Lipinski definition) is 6. The van der Waals surface area contributed by atoms with Gasteiger partial charge in [-0.3, -0.25) is 4.79 Å². The quantitative estimate of drug-likeness (QED) is 0.347. The Morgan fingerprint density at radius 2 is 1.23 bits per heavy atom. The van der Waals surface area contributed by atoms with Crippen LogP contribution in [0.3, 0.4) is 0 Å². The van der Waals surface area contributed by atoms with Crippen LogP contribution in [0.25, 0.3) is 0 Å². The zero-order valence-corrected chi connectivity index (χ0v) is 17.6. The molecule has 2 aromatic carbocycles. The van der Waals surface area contributed by atoms with E-state index in [2.05, 4.69) is 0 Å². The Balaban J connectivity index is 0.000000300. The minimum absolute atomic E-state index is 0.00877. The van der Waals surface area contributed by atoms with Gasteiger partial charge < -0.3 is 14.6 Å². The molecule has 0 amide bonds. The van der Waals surface area contributed by atoms with Crippen molar-refractivity contribution >= 4 is 18.2 Å². The highest BCUT2D eigenvalue weighted by molar-refractivity contribution is 5.90. The summed E-state index contributed by atoms with van der Waals surface area (Å²) in [6.45, 7) is 4.99. The third-order valence-corrected chi connectivity index (χ3v) is 4.12. The lowest BCUT2D eigenvalue weighted by Gasteiger charge is -2.04. The zero-order valence-electron chi connectivity index (χ0n) is 17.6. The summed E-state index contributed by atoms with van der Waals surface area (Å²) in [7, 11) is 0. The van der Waals surface area contributed by atoms with Crippen molar-refractivity contribution in [2.24, 2.45) is 0 Å². The summed E-state index contributed by atoms with van der Waals surface area (Å²) in [6.07, 6.45) is 4.51. The van der Waals surface area contributed by atoms with Gasteiger partial charge in [0.25, 0.3) is 0 Å². The Morgan fingerprint density at radius 3 is 1.60 bits per heavy atom. The number of ether oxygens (including phenoxy) is 2. The molecule has 1 N–H and O–H groups in total. The number of unbranched alkanes of at least 4 members (excludes halogenated alkanes) is 2. The van der Waals surface area contributed by atoms with Gasteiger partial charge in [-0.25, -0.2) is 9.59 Å². The molecule has 0 saturated heterocycles. The molecule has 0 saturated carbocycles. The monoisotopic (exact) mass is 414 g/mol. The zero-order chi connectivity index (χ0) is 22.2. The molecule has 0 aliphatic carbocycles. The van der Waals surface area contributed by atoms with Crippen molar-refractivity contribution in [3.05, 3.63) is 70.8 Å². The number of benzene rings is 2. The van der Waals surface area contributed by atoms with Crippen molar-refractivity contribution in [3.8, 4) is 0 Å². The highest BCUT2D eigenvalue weighted by atomic mass is 16.5. The fraction of sp³-hybridized carbons (Fsp3) is 0.375. The predicted octanol–water partition coefficient (Wildman–Crippen LogP) is 4.59. The molecule has 0 atom stereocenters. The number of aldehydes is 1. The molecule has 2 aromatic rings. The Hall–Kier alpha value is -2.99. The molecule has 0 spiro atoms. The normalized spacial score (nSPS) is 9.83. The highest BCUT2D eigenvalue weighted by Crippen LogP contribution is 2.07. The van der Waals surface area contributed by atoms with Crippen LogP contribution in [0, 0.1) is 0 Å². The van der Waals surface area contributed by atoms with E-state index in [-0.39, 0.29) is 18.5 Å². The maximum absolute atomic E-state index is 11.4. The predicted molar refractivity (Wildman–Crippen MR) is 115 cm³/mol. The van der Waals surface area contributed by atoms with Crippen molar-refractivity contribution in [1.82, 2.24) is 0 Å². The van der Waals surface area contributed by atoms with E-state index in [1.807, 2.05) is 13.8 Å². The van der Waals surface area contributed by atoms with Crippen LogP contribution in [-0.4, -0.2) is 36.5 Å². The molecule has 6 heteroatoms. The van der Waals surface area contributed by atoms with E-state index in [4.69, 9.17) is 14.6 Å². The molecule has 2 rings (SSSR count). The van der Waals surface area contributed by atoms with Crippen LogP contribution in [0.4, 0.5) is 0 Å². The summed E-state index contributed by atoms with van der Waals surface area (Å²) in [4.78, 5) is 33.2. The summed E-state index contributed by atoms with van der Waals surface area (Å²) in [6, 6.07) is 13.2. The number of carbonyl (C=O) groups is 3. The lowest BCUT2D eigenvalue weighted by Crippen LogP contribution is -2.06. The van der Waals surface area contributed by atoms with Crippen LogP contribution in [0.2, 0.25) is 0 Å². The van der Waals surface area contributed by atoms with Gasteiger partial charge in [0.15, 0.2) is 0 Å². The smallest absolute Gasteiger partial charge is 0.338 e. The lowest BCUT2D eigenvalue weighted by atomic mass is 10.1. The van der Waals surface area contributed by atoms with E-state index in [1.165, 1.54) is 0 Å². The minimum Gasteiger partial charge on any atom is -0.462 e. The van der Waals surface area contributed by atoms with E-state index in [1.54, 1.807) is 48.5 Å². The molecule has 6 nitrogen and oxygen atoms in total. The van der Waals surface area contributed by atoms with Gasteiger partial charge in [0, 0.05) is 5.56 Å². The van der Waals surface area contributed by atoms with Crippen LogP contribution in [-0.2, 0) is 16.1 Å². The summed E-state index contributed by atoms with van der Waals surface area (Å²) in [5.41, 5.74) is 2.36. The van der Waals surface area contributed by atoms with Gasteiger partial charge in [-0.2, -0.15) is 0 Å². The number of carbonyl (C=O) groups excluding carboxylic acids is 3. The standard InChI is InChI=1S/C12H16O3.C12H14O3/c2*1-2-3-8-15-12(14)11-6-4-10(9-13)5-7-11/h4-7,13H,2-3,8-9H2,1H3;4-7,9H,2-3,8H2,1H3. The van der Waals surface area contributed by atoms with Crippen LogP contribution < -0.4 is 0 Å². The number of aliphatic hydroxyl groups is 1. The molecule has 162 valence electrons. The molecule has 0 bridgehead atoms. The minimum atomic E-state index is -0.333. The van der Waals surface area contributed by atoms with E-state index in [9.17, 15) is 14.4 Å². The third-order valence-electron chi connectivity index (χ3n) is 4.12. The maximum atomic E-state index is 11.4. The second kappa shape index (κ2) is 14.9. The van der Waals surface area contributed by atoms with Gasteiger partial charge in [0.05, 0.1) is 30.9 Å². The summed E-state index contributed by atoms with van der Waals surface area (Å²) in [5, 5.41) is 8.82. The second-order valence-corrected chi connectivity index (χ2v) is 6.57. The molecular weight excluding hydrogens is 384 g/mol. The fourth-order valence-corrected chi connectivity index (χ4v) is 2.23. The van der Waals surface area contributed by atoms with Crippen LogP contribution in [0.1, 0.15) is 76.2 Å². The third kappa shape index (κ3) is 9.47. The van der Waals surface area contributed by atoms with Crippen LogP contribution >= 0.6 is 0 Å². The molecular formula is C24H30O6. The molecule has 0 fully saturated rings. The largest absolute Gasteiger partial charge is 0.462 e. The molecule has 30 heavy (non-hydrogen) atoms. The van der Waals surface area contributed by atoms with Crippen molar-refractivity contribution in [2.75, 3.05) is 13.2 Å². The number of rotatable bonds is 10. The fourth-order valence-electron chi connectivity index (χ4n) is 2.23. The average Bonchev–Trinajstić information content (AvgIpc) is 2.79. The molecule has 0 heterocycles. The van der Waals surface area contributed by atoms with E-state index >= 15 is 0 Å². The molecule has 0 aliphatic rings. The van der Waals surface area contributed by atoms with E-state index < -0.39 is 0 Å². The summed E-state index contributed by atoms with van der Waals surface area (Å²) in [5.74, 6) is -0.631. The van der Waals surface area contributed by atoms with Crippen molar-refractivity contribution in [2.45, 2.75) is 46.1 Å². The van der Waals surface area contributed by atoms with E-state index in [0.717, 1.165) is 37.5 Å². The van der Waals surface area contributed by atoms with Crippen LogP contribution in [0.5, 0.6) is 0 Å². The van der Waals surface area contributed by atoms with E-state index in [0.29, 0.717) is 29.9 Å². The first-order valence-corrected chi connectivity index (χ1v) is 10.1. The lowest BCUT2D eigenvalue weighted by molar-refractivity contribution is 0.0490. The van der Waals surface area contributed by atoms with Gasteiger partial charge in [-0.15, -0.1) is 0 Å². The molecule has 0 aromatic heterocycles. The highest BCUT2D eigenvalue weighted by Gasteiger charge is 2.06. The summed E-state index contributed by atoms with van der Waals surface area (Å²) >= 11 is 0. The SMILES string of the molecule is CCCCOC(=O)c1ccc(C=O)cc1.CCCCOC(=O)c1ccc(CO)cc1. The maximum Gasteiger partial charge on any atom is 0.338 e. The summed E-state index contributed by atoms with van der Waals surface area (Å²) < 4.78 is 10.1. The topological polar surface area (TPSA) is 89.9 Å². The average molecular weight is 414 g/mol. The first-order valence-electron chi connectivity index (χ1n) is 10.1. The van der Waals surface area contributed by atoms with Gasteiger partial charge in [0.1, 0.15) is 6.29 Å². The molecule has 0 radical (unpaired) electrons. The Bertz CT molecular complexity index is 765. The van der Waals surface area contributed by atoms with Crippen molar-refractivity contribution in [1.29, 1.82) is 0 Å². The number of hydrogen-bond donors (Lipinski definition) is 1. The number of aliphatic hydroxyl groups excluding tert-OH is 1. The molecule has 0 unspecified atom stereocenters. The van der Waals surface area contributed by atoms with Crippen molar-refractivity contribution in [3.63, 3.8) is 0 Å². The van der Waals surface area contributed by atoms with Crippen LogP contribution in [0.15, 0.2) is 48.5 Å². The Kier molecular flexibility index (Phi) is 12.5. The first kappa shape index (κ1) is 25.0. The second-order valence-electron chi connectivity index (χ2n) is 6.57. The Morgan fingerprint density at radius 1 is 0.800 bits per heavy atom. The number of esters is 2.